The van der Waals surface area contributed by atoms with Crippen molar-refractivity contribution in [1.82, 2.24) is 14.5 Å². The highest BCUT2D eigenvalue weighted by atomic mass is 16.3. The molecule has 2 heterocycles. The number of rotatable bonds is 9. The van der Waals surface area contributed by atoms with Gasteiger partial charge in [-0.3, -0.25) is 9.55 Å². The van der Waals surface area contributed by atoms with Crippen LogP contribution in [0, 0.1) is 20.7 Å². The van der Waals surface area contributed by atoms with Crippen molar-refractivity contribution in [2.45, 2.75) is 86.2 Å². The number of fused-ring (bicyclic) bond motifs is 1. The maximum atomic E-state index is 11.9. The summed E-state index contributed by atoms with van der Waals surface area (Å²) in [7, 11) is 0. The molecule has 0 spiro atoms. The molecule has 0 aliphatic heterocycles. The number of aryl methyl sites for hydroxylation is 3. The summed E-state index contributed by atoms with van der Waals surface area (Å²) < 4.78 is 112. The third kappa shape index (κ3) is 8.54. The quantitative estimate of drug-likeness (QED) is 0.157. The van der Waals surface area contributed by atoms with Gasteiger partial charge < -0.3 is 5.11 Å². The van der Waals surface area contributed by atoms with Gasteiger partial charge in [-0.1, -0.05) is 145 Å². The Morgan fingerprint density at radius 3 is 2.02 bits per heavy atom. The number of para-hydroxylation sites is 1. The molecule has 0 bridgehead atoms. The van der Waals surface area contributed by atoms with Gasteiger partial charge in [0, 0.05) is 35.1 Å². The molecular formula is C61H59N3O. The first kappa shape index (κ1) is 30.2. The number of nitrogens with zero attached hydrogens (tertiary/aromatic N) is 3. The van der Waals surface area contributed by atoms with E-state index in [0.29, 0.717) is 67.2 Å². The van der Waals surface area contributed by atoms with Crippen molar-refractivity contribution in [3.63, 3.8) is 0 Å². The fourth-order valence-corrected chi connectivity index (χ4v) is 8.65. The molecular weight excluding hydrogens is 791 g/mol. The molecule has 0 atom stereocenters. The van der Waals surface area contributed by atoms with Crippen LogP contribution in [0.3, 0.4) is 0 Å². The van der Waals surface area contributed by atoms with Gasteiger partial charge in [-0.25, -0.2) is 4.98 Å². The Bertz CT molecular complexity index is 3700. The number of phenolic OH excluding ortho intramolecular Hbond substituents is 1. The largest absolute Gasteiger partial charge is 0.507 e. The summed E-state index contributed by atoms with van der Waals surface area (Å²) in [6.07, 6.45) is 1.62. The van der Waals surface area contributed by atoms with Crippen molar-refractivity contribution in [2.24, 2.45) is 0 Å². The van der Waals surface area contributed by atoms with Gasteiger partial charge >= 0.3 is 0 Å². The molecule has 9 rings (SSSR count). The summed E-state index contributed by atoms with van der Waals surface area (Å²) in [6, 6.07) is 45.9. The van der Waals surface area contributed by atoms with Crippen molar-refractivity contribution in [2.75, 3.05) is 0 Å². The molecule has 0 saturated heterocycles. The Morgan fingerprint density at radius 1 is 0.585 bits per heavy atom. The lowest BCUT2D eigenvalue weighted by atomic mass is 9.86. The first-order valence-electron chi connectivity index (χ1n) is 28.3. The molecule has 324 valence electrons. The zero-order valence-electron chi connectivity index (χ0n) is 50.4. The predicted molar refractivity (Wildman–Crippen MR) is 274 cm³/mol. The van der Waals surface area contributed by atoms with Gasteiger partial charge in [0.25, 0.3) is 0 Å². The third-order valence-electron chi connectivity index (χ3n) is 12.2. The van der Waals surface area contributed by atoms with Crippen molar-refractivity contribution in [3.05, 3.63) is 191 Å². The average Bonchev–Trinajstić information content (AvgIpc) is 3.65. The molecule has 1 N–H and O–H groups in total. The average molecular weight is 863 g/mol. The van der Waals surface area contributed by atoms with E-state index in [-0.39, 0.29) is 22.8 Å². The Balaban J connectivity index is 1.25. The second kappa shape index (κ2) is 17.2. The van der Waals surface area contributed by atoms with E-state index < -0.39 is 38.7 Å². The van der Waals surface area contributed by atoms with Crippen LogP contribution in [0.2, 0.25) is 0 Å². The second-order valence-corrected chi connectivity index (χ2v) is 17.6. The summed E-state index contributed by atoms with van der Waals surface area (Å²) in [5, 5.41) is 11.9. The molecule has 0 aliphatic rings. The minimum absolute atomic E-state index is 0.00177. The maximum Gasteiger partial charge on any atom is 0.149 e. The lowest BCUT2D eigenvalue weighted by Crippen LogP contribution is -2.10. The molecule has 9 aromatic rings. The Labute approximate surface area is 403 Å². The SMILES string of the molecule is [2H]C([2H])([2H])c1cc(-c2cc(C(C)C)cc(C([2H])(C)C)c2)ccc1-n1c(-c2cc(C)cc(C)c2O)nc2c(-c3cc(-c4ccccc4)cc(-c4cc(-c5ccc(C(C([2H])([2H])[2H])(C([2H])([2H])[2H])C([2H])([2H])[2H])cc5)ccn4)c3)cccc21. The van der Waals surface area contributed by atoms with E-state index in [9.17, 15) is 5.11 Å². The summed E-state index contributed by atoms with van der Waals surface area (Å²) in [5.74, 6) is -0.424. The Kier molecular flexibility index (Phi) is 7.96. The highest BCUT2D eigenvalue weighted by molar-refractivity contribution is 5.98. The number of benzene rings is 7. The summed E-state index contributed by atoms with van der Waals surface area (Å²) >= 11 is 0. The van der Waals surface area contributed by atoms with Gasteiger partial charge in [-0.15, -0.1) is 0 Å². The molecule has 4 nitrogen and oxygen atoms in total. The molecule has 0 amide bonds. The van der Waals surface area contributed by atoms with Crippen molar-refractivity contribution in [3.8, 4) is 78.6 Å². The van der Waals surface area contributed by atoms with Gasteiger partial charge in [-0.2, -0.15) is 0 Å². The Hall–Kier alpha value is -7.04. The van der Waals surface area contributed by atoms with Gasteiger partial charge in [0.05, 0.1) is 28.0 Å². The van der Waals surface area contributed by atoms with Crippen LogP contribution in [-0.2, 0) is 5.41 Å². The first-order valence-corrected chi connectivity index (χ1v) is 21.8. The molecule has 65 heavy (non-hydrogen) atoms. The van der Waals surface area contributed by atoms with Gasteiger partial charge in [-0.05, 0) is 165 Å². The van der Waals surface area contributed by atoms with Crippen molar-refractivity contribution >= 4 is 11.0 Å². The van der Waals surface area contributed by atoms with Crippen LogP contribution in [0.15, 0.2) is 158 Å². The molecule has 0 radical (unpaired) electrons. The highest BCUT2D eigenvalue weighted by Crippen LogP contribution is 2.42. The lowest BCUT2D eigenvalue weighted by Gasteiger charge is -2.19. The number of imidazole rings is 1. The first-order chi connectivity index (χ1) is 36.4. The van der Waals surface area contributed by atoms with Crippen LogP contribution in [-0.4, -0.2) is 19.6 Å². The molecule has 2 aromatic heterocycles. The van der Waals surface area contributed by atoms with E-state index >= 15 is 0 Å². The van der Waals surface area contributed by atoms with Crippen LogP contribution in [0.4, 0.5) is 0 Å². The van der Waals surface area contributed by atoms with Gasteiger partial charge in [0.2, 0.25) is 0 Å². The number of hydrogen-bond acceptors (Lipinski definition) is 3. The van der Waals surface area contributed by atoms with Crippen LogP contribution < -0.4 is 0 Å². The topological polar surface area (TPSA) is 50.9 Å². The van der Waals surface area contributed by atoms with E-state index in [1.165, 1.54) is 24.3 Å². The summed E-state index contributed by atoms with van der Waals surface area (Å²) in [4.78, 5) is 10.2. The monoisotopic (exact) mass is 863 g/mol. The zero-order valence-corrected chi connectivity index (χ0v) is 37.4. The molecule has 7 aromatic carbocycles. The minimum atomic E-state index is -3.40. The number of phenols is 1. The van der Waals surface area contributed by atoms with E-state index in [2.05, 4.69) is 26.0 Å². The minimum Gasteiger partial charge on any atom is -0.507 e. The van der Waals surface area contributed by atoms with E-state index in [0.717, 1.165) is 38.9 Å². The van der Waals surface area contributed by atoms with Crippen LogP contribution in [0.5, 0.6) is 5.75 Å². The summed E-state index contributed by atoms with van der Waals surface area (Å²) in [6.45, 7) is -1.24. The molecule has 0 saturated carbocycles. The Morgan fingerprint density at radius 2 is 1.28 bits per heavy atom. The van der Waals surface area contributed by atoms with Gasteiger partial charge in [0.1, 0.15) is 11.6 Å². The van der Waals surface area contributed by atoms with Crippen LogP contribution in [0.1, 0.15) is 111 Å². The number of aromatic nitrogens is 3. The van der Waals surface area contributed by atoms with Crippen molar-refractivity contribution in [1.29, 1.82) is 0 Å². The molecule has 0 unspecified atom stereocenters. The predicted octanol–water partition coefficient (Wildman–Crippen LogP) is 16.6. The zero-order chi connectivity index (χ0) is 56.7. The number of aromatic hydroxyl groups is 1. The fourth-order valence-electron chi connectivity index (χ4n) is 8.65. The fraction of sp³-hybridized carbons (Fsp3) is 0.213. The third-order valence-corrected chi connectivity index (χ3v) is 12.2. The standard InChI is InChI=1S/C61H59N3O/c1-37(2)46-30-47(38(3)4)32-49(31-46)44-21-24-56(40(6)29-44)64-57-18-14-17-53(58(57)63-60(64)54-28-39(5)27-41(7)59(54)65)50-33-48(42-15-12-11-13-16-42)34-51(35-50)55-36-45(25-26-62-55)43-19-22-52(23-20-43)61(8,9)10/h11-38,65H,1-10H3/i6D3,8D3,9D3,10D3,37D. The van der Waals surface area contributed by atoms with Gasteiger partial charge in [0.15, 0.2) is 0 Å². The summed E-state index contributed by atoms with van der Waals surface area (Å²) in [5.41, 5.74) is 8.90. The maximum absolute atomic E-state index is 11.9. The lowest BCUT2D eigenvalue weighted by molar-refractivity contribution is 0.472. The van der Waals surface area contributed by atoms with E-state index in [1.807, 2.05) is 129 Å². The smallest absolute Gasteiger partial charge is 0.149 e. The normalized spacial score (nSPS) is 15.8. The van der Waals surface area contributed by atoms with Crippen molar-refractivity contribution < 1.29 is 22.9 Å². The number of pyridine rings is 1. The van der Waals surface area contributed by atoms with E-state index in [1.54, 1.807) is 24.4 Å². The molecule has 4 heteroatoms. The van der Waals surface area contributed by atoms with Crippen LogP contribution in [0.25, 0.3) is 83.9 Å². The van der Waals surface area contributed by atoms with E-state index in [4.69, 9.17) is 27.8 Å². The van der Waals surface area contributed by atoms with Crippen LogP contribution >= 0.6 is 0 Å². The number of hydrogen-bond donors (Lipinski definition) is 1. The second-order valence-electron chi connectivity index (χ2n) is 17.6. The molecule has 0 aliphatic carbocycles. The molecule has 0 fully saturated rings. The highest BCUT2D eigenvalue weighted by Gasteiger charge is 2.23.